The summed E-state index contributed by atoms with van der Waals surface area (Å²) in [5, 5.41) is 2.91. The first-order chi connectivity index (χ1) is 10.2. The molecule has 5 heteroatoms. The number of carbonyl (C=O) groups excluding carboxylic acids is 1. The second-order valence-corrected chi connectivity index (χ2v) is 5.59. The molecule has 0 bridgehead atoms. The van der Waals surface area contributed by atoms with Gasteiger partial charge in [-0.15, -0.1) is 11.6 Å². The molecule has 1 heterocycles. The predicted octanol–water partition coefficient (Wildman–Crippen LogP) is 2.58. The number of alkyl halides is 1. The van der Waals surface area contributed by atoms with Gasteiger partial charge in [0.05, 0.1) is 13.2 Å². The van der Waals surface area contributed by atoms with Gasteiger partial charge in [-0.25, -0.2) is 0 Å². The maximum Gasteiger partial charge on any atom is 0.234 e. The third-order valence-corrected chi connectivity index (χ3v) is 4.19. The Morgan fingerprint density at radius 2 is 1.95 bits per heavy atom. The molecule has 1 amide bonds. The van der Waals surface area contributed by atoms with Crippen molar-refractivity contribution < 1.29 is 9.53 Å². The molecule has 1 N–H and O–H groups in total. The molecule has 0 radical (unpaired) electrons. The van der Waals surface area contributed by atoms with E-state index in [9.17, 15) is 4.79 Å². The maximum absolute atomic E-state index is 11.4. The number of benzene rings is 1. The van der Waals surface area contributed by atoms with Crippen LogP contribution in [0.1, 0.15) is 30.9 Å². The van der Waals surface area contributed by atoms with Gasteiger partial charge in [0.2, 0.25) is 5.91 Å². The van der Waals surface area contributed by atoms with Crippen LogP contribution < -0.4 is 10.1 Å². The van der Waals surface area contributed by atoms with E-state index in [1.807, 2.05) is 12.1 Å². The van der Waals surface area contributed by atoms with Gasteiger partial charge in [-0.2, -0.15) is 0 Å². The van der Waals surface area contributed by atoms with Crippen molar-refractivity contribution >= 4 is 17.5 Å². The first-order valence-corrected chi connectivity index (χ1v) is 7.98. The molecule has 1 aromatic rings. The first kappa shape index (κ1) is 16.1. The standard InChI is InChI=1S/C16H23ClN2O2/c1-21-14-7-5-13(6-8-14)15(12-18-16(20)11-17)19-9-3-2-4-10-19/h5-8,15H,2-4,9-12H2,1H3,(H,18,20)/t15-/m1/s1. The SMILES string of the molecule is COc1ccc([C@@H](CNC(=O)CCl)N2CCCCC2)cc1. The Bertz CT molecular complexity index is 444. The summed E-state index contributed by atoms with van der Waals surface area (Å²) in [7, 11) is 1.66. The molecule has 0 spiro atoms. The zero-order valence-corrected chi connectivity index (χ0v) is 13.2. The Morgan fingerprint density at radius 3 is 2.52 bits per heavy atom. The Balaban J connectivity index is 2.10. The lowest BCUT2D eigenvalue weighted by atomic mass is 10.0. The van der Waals surface area contributed by atoms with Crippen molar-refractivity contribution in [2.45, 2.75) is 25.3 Å². The van der Waals surface area contributed by atoms with Crippen molar-refractivity contribution in [3.05, 3.63) is 29.8 Å². The van der Waals surface area contributed by atoms with Gasteiger partial charge in [-0.1, -0.05) is 18.6 Å². The Labute approximate surface area is 131 Å². The van der Waals surface area contributed by atoms with Gasteiger partial charge in [-0.3, -0.25) is 9.69 Å². The number of methoxy groups -OCH3 is 1. The van der Waals surface area contributed by atoms with Gasteiger partial charge in [0.25, 0.3) is 0 Å². The molecule has 0 unspecified atom stereocenters. The fourth-order valence-corrected chi connectivity index (χ4v) is 2.87. The summed E-state index contributed by atoms with van der Waals surface area (Å²) in [4.78, 5) is 13.9. The molecule has 21 heavy (non-hydrogen) atoms. The molecule has 0 aromatic heterocycles. The van der Waals surface area contributed by atoms with Crippen LogP contribution in [0, 0.1) is 0 Å². The molecule has 1 fully saturated rings. The highest BCUT2D eigenvalue weighted by molar-refractivity contribution is 6.27. The normalized spacial score (nSPS) is 17.2. The van der Waals surface area contributed by atoms with Crippen LogP contribution in [-0.4, -0.2) is 43.4 Å². The number of piperidine rings is 1. The highest BCUT2D eigenvalue weighted by Gasteiger charge is 2.22. The average Bonchev–Trinajstić information content (AvgIpc) is 2.56. The van der Waals surface area contributed by atoms with E-state index in [4.69, 9.17) is 16.3 Å². The Hall–Kier alpha value is -1.26. The quantitative estimate of drug-likeness (QED) is 0.821. The van der Waals surface area contributed by atoms with E-state index >= 15 is 0 Å². The number of hydrogen-bond acceptors (Lipinski definition) is 3. The number of ether oxygens (including phenoxy) is 1. The number of rotatable bonds is 6. The zero-order chi connectivity index (χ0) is 15.1. The molecule has 0 aliphatic carbocycles. The second kappa shape index (κ2) is 8.25. The third-order valence-electron chi connectivity index (χ3n) is 3.95. The van der Waals surface area contributed by atoms with Crippen LogP contribution in [0.4, 0.5) is 0 Å². The summed E-state index contributed by atoms with van der Waals surface area (Å²) >= 11 is 5.56. The minimum atomic E-state index is -0.118. The lowest BCUT2D eigenvalue weighted by molar-refractivity contribution is -0.118. The highest BCUT2D eigenvalue weighted by atomic mass is 35.5. The molecule has 1 aliphatic heterocycles. The molecular weight excluding hydrogens is 288 g/mol. The molecule has 1 aliphatic rings. The van der Waals surface area contributed by atoms with Gasteiger partial charge in [0.15, 0.2) is 0 Å². The van der Waals surface area contributed by atoms with E-state index < -0.39 is 0 Å². The number of nitrogens with zero attached hydrogens (tertiary/aromatic N) is 1. The summed E-state index contributed by atoms with van der Waals surface area (Å²) in [6.07, 6.45) is 3.73. The van der Waals surface area contributed by atoms with Crippen molar-refractivity contribution in [2.24, 2.45) is 0 Å². The van der Waals surface area contributed by atoms with Crippen molar-refractivity contribution in [2.75, 3.05) is 32.6 Å². The number of nitrogens with one attached hydrogen (secondary N) is 1. The smallest absolute Gasteiger partial charge is 0.234 e. The maximum atomic E-state index is 11.4. The summed E-state index contributed by atoms with van der Waals surface area (Å²) in [5.41, 5.74) is 1.20. The highest BCUT2D eigenvalue weighted by Crippen LogP contribution is 2.25. The number of carbonyl (C=O) groups is 1. The first-order valence-electron chi connectivity index (χ1n) is 7.45. The lowest BCUT2D eigenvalue weighted by Crippen LogP contribution is -2.40. The molecule has 1 saturated heterocycles. The Morgan fingerprint density at radius 1 is 1.29 bits per heavy atom. The van der Waals surface area contributed by atoms with Crippen LogP contribution in [0.25, 0.3) is 0 Å². The molecule has 4 nitrogen and oxygen atoms in total. The monoisotopic (exact) mass is 310 g/mol. The fourth-order valence-electron chi connectivity index (χ4n) is 2.77. The van der Waals surface area contributed by atoms with Crippen molar-refractivity contribution in [1.29, 1.82) is 0 Å². The molecular formula is C16H23ClN2O2. The van der Waals surface area contributed by atoms with Crippen molar-refractivity contribution in [3.63, 3.8) is 0 Å². The summed E-state index contributed by atoms with van der Waals surface area (Å²) < 4.78 is 5.21. The lowest BCUT2D eigenvalue weighted by Gasteiger charge is -2.35. The number of amides is 1. The van der Waals surface area contributed by atoms with E-state index in [-0.39, 0.29) is 17.8 Å². The molecule has 116 valence electrons. The summed E-state index contributed by atoms with van der Waals surface area (Å²) in [6.45, 7) is 2.75. The van der Waals surface area contributed by atoms with Crippen molar-refractivity contribution in [3.8, 4) is 5.75 Å². The van der Waals surface area contributed by atoms with Gasteiger partial charge in [0.1, 0.15) is 11.6 Å². The topological polar surface area (TPSA) is 41.6 Å². The van der Waals surface area contributed by atoms with Gasteiger partial charge >= 0.3 is 0 Å². The second-order valence-electron chi connectivity index (χ2n) is 5.32. The van der Waals surface area contributed by atoms with Crippen LogP contribution in [0.3, 0.4) is 0 Å². The van der Waals surface area contributed by atoms with Gasteiger partial charge in [-0.05, 0) is 43.6 Å². The number of halogens is 1. The zero-order valence-electron chi connectivity index (χ0n) is 12.5. The molecule has 1 aromatic carbocycles. The van der Waals surface area contributed by atoms with Gasteiger partial charge < -0.3 is 10.1 Å². The molecule has 2 rings (SSSR count). The minimum absolute atomic E-state index is 0.00926. The van der Waals surface area contributed by atoms with Crippen molar-refractivity contribution in [1.82, 2.24) is 10.2 Å². The van der Waals surface area contributed by atoms with E-state index in [1.165, 1.54) is 24.8 Å². The number of likely N-dealkylation sites (tertiary alicyclic amines) is 1. The largest absolute Gasteiger partial charge is 0.497 e. The molecule has 1 atom stereocenters. The fraction of sp³-hybridized carbons (Fsp3) is 0.562. The van der Waals surface area contributed by atoms with E-state index in [0.29, 0.717) is 6.54 Å². The number of hydrogen-bond donors (Lipinski definition) is 1. The van der Waals surface area contributed by atoms with Crippen LogP contribution in [0.15, 0.2) is 24.3 Å². The Kier molecular flexibility index (Phi) is 6.33. The van der Waals surface area contributed by atoms with E-state index in [0.717, 1.165) is 18.8 Å². The summed E-state index contributed by atoms with van der Waals surface area (Å²) in [6, 6.07) is 8.28. The van der Waals surface area contributed by atoms with Gasteiger partial charge in [0, 0.05) is 6.54 Å². The predicted molar refractivity (Wildman–Crippen MR) is 84.9 cm³/mol. The molecule has 0 saturated carbocycles. The van der Waals surface area contributed by atoms with Crippen LogP contribution in [-0.2, 0) is 4.79 Å². The minimum Gasteiger partial charge on any atom is -0.497 e. The van der Waals surface area contributed by atoms with E-state index in [1.54, 1.807) is 7.11 Å². The average molecular weight is 311 g/mol. The van der Waals surface area contributed by atoms with Crippen LogP contribution >= 0.6 is 11.6 Å². The summed E-state index contributed by atoms with van der Waals surface area (Å²) in [5.74, 6) is 0.739. The van der Waals surface area contributed by atoms with Crippen LogP contribution in [0.2, 0.25) is 0 Å². The van der Waals surface area contributed by atoms with E-state index in [2.05, 4.69) is 22.3 Å². The van der Waals surface area contributed by atoms with Crippen LogP contribution in [0.5, 0.6) is 5.75 Å². The third kappa shape index (κ3) is 4.61.